The fraction of sp³-hybridized carbons (Fsp3) is 0.500. The summed E-state index contributed by atoms with van der Waals surface area (Å²) in [6, 6.07) is 4.81. The lowest BCUT2D eigenvalue weighted by atomic mass is 10.2. The second-order valence-corrected chi connectivity index (χ2v) is 5.18. The van der Waals surface area contributed by atoms with Crippen molar-refractivity contribution < 1.29 is 0 Å². The molecular formula is C14H21N5. The van der Waals surface area contributed by atoms with Crippen molar-refractivity contribution in [3.63, 3.8) is 0 Å². The molecule has 0 atom stereocenters. The molecule has 4 N–H and O–H groups in total. The summed E-state index contributed by atoms with van der Waals surface area (Å²) < 4.78 is 0. The number of fused-ring (bicyclic) bond motifs is 1. The summed E-state index contributed by atoms with van der Waals surface area (Å²) in [6.45, 7) is 5.35. The number of aromatic amines is 1. The molecule has 1 aromatic carbocycles. The number of nitrogens with one attached hydrogen (secondary N) is 2. The topological polar surface area (TPSA) is 70.0 Å². The summed E-state index contributed by atoms with van der Waals surface area (Å²) in [5.41, 5.74) is 8.84. The Bertz CT molecular complexity index is 558. The van der Waals surface area contributed by atoms with E-state index in [-0.39, 0.29) is 0 Å². The Morgan fingerprint density at radius 3 is 3.05 bits per heavy atom. The third-order valence-corrected chi connectivity index (χ3v) is 3.79. The molecule has 0 bridgehead atoms. The third-order valence-electron chi connectivity index (χ3n) is 3.79. The molecule has 2 aromatic rings. The number of likely N-dealkylation sites (N-methyl/N-ethyl adjacent to an activating group) is 1. The van der Waals surface area contributed by atoms with Crippen LogP contribution in [0.25, 0.3) is 10.9 Å². The van der Waals surface area contributed by atoms with Crippen molar-refractivity contribution in [3.05, 3.63) is 18.3 Å². The number of hydrogen-bond acceptors (Lipinski definition) is 4. The van der Waals surface area contributed by atoms with Gasteiger partial charge >= 0.3 is 0 Å². The second kappa shape index (κ2) is 5.09. The summed E-state index contributed by atoms with van der Waals surface area (Å²) in [5.74, 6) is 0. The first-order valence-electron chi connectivity index (χ1n) is 6.98. The summed E-state index contributed by atoms with van der Waals surface area (Å²) in [7, 11) is 0. The lowest BCUT2D eigenvalue weighted by Gasteiger charge is -2.20. The van der Waals surface area contributed by atoms with Crippen LogP contribution in [0.15, 0.2) is 18.3 Å². The van der Waals surface area contributed by atoms with Gasteiger partial charge in [-0.25, -0.2) is 0 Å². The fourth-order valence-corrected chi connectivity index (χ4v) is 2.53. The zero-order valence-electron chi connectivity index (χ0n) is 11.3. The average Bonchev–Trinajstić information content (AvgIpc) is 3.15. The fourth-order valence-electron chi connectivity index (χ4n) is 2.53. The van der Waals surface area contributed by atoms with Crippen LogP contribution in [0.3, 0.4) is 0 Å². The number of nitrogen functional groups attached to an aromatic ring is 1. The van der Waals surface area contributed by atoms with Gasteiger partial charge in [0.05, 0.1) is 23.1 Å². The number of anilines is 2. The molecule has 0 radical (unpaired) electrons. The van der Waals surface area contributed by atoms with Crippen molar-refractivity contribution in [3.8, 4) is 0 Å². The van der Waals surface area contributed by atoms with Gasteiger partial charge in [0.1, 0.15) is 0 Å². The van der Waals surface area contributed by atoms with Crippen LogP contribution in [-0.4, -0.2) is 40.8 Å². The van der Waals surface area contributed by atoms with E-state index in [2.05, 4.69) is 27.3 Å². The number of nitrogens with two attached hydrogens (primary N) is 1. The zero-order chi connectivity index (χ0) is 13.2. The molecule has 0 saturated heterocycles. The Hall–Kier alpha value is -1.75. The van der Waals surface area contributed by atoms with E-state index in [1.165, 1.54) is 12.8 Å². The molecule has 5 nitrogen and oxygen atoms in total. The molecule has 0 unspecified atom stereocenters. The smallest absolute Gasteiger partial charge is 0.0672 e. The molecule has 1 aliphatic carbocycles. The molecule has 0 aliphatic heterocycles. The number of aromatic nitrogens is 2. The molecule has 1 heterocycles. The Morgan fingerprint density at radius 1 is 1.47 bits per heavy atom. The van der Waals surface area contributed by atoms with Gasteiger partial charge in [0.25, 0.3) is 0 Å². The van der Waals surface area contributed by atoms with E-state index >= 15 is 0 Å². The first kappa shape index (κ1) is 12.3. The van der Waals surface area contributed by atoms with Gasteiger partial charge in [0.15, 0.2) is 0 Å². The standard InChI is InChI=1S/C14H21N5/c1-2-19(11-3-4-11)6-5-16-14-8-13-10(7-12(14)15)9-17-18-13/h7-9,11,16H,2-6,15H2,1H3,(H,17,18). The predicted octanol–water partition coefficient (Wildman–Crippen LogP) is 2.04. The first-order chi connectivity index (χ1) is 9.28. The second-order valence-electron chi connectivity index (χ2n) is 5.18. The maximum absolute atomic E-state index is 6.05. The van der Waals surface area contributed by atoms with E-state index < -0.39 is 0 Å². The monoisotopic (exact) mass is 259 g/mol. The largest absolute Gasteiger partial charge is 0.397 e. The van der Waals surface area contributed by atoms with Gasteiger partial charge in [-0.3, -0.25) is 10.00 Å². The van der Waals surface area contributed by atoms with Gasteiger partial charge in [0, 0.05) is 24.5 Å². The van der Waals surface area contributed by atoms with Crippen LogP contribution in [0.2, 0.25) is 0 Å². The molecule has 5 heteroatoms. The highest BCUT2D eigenvalue weighted by atomic mass is 15.2. The molecule has 102 valence electrons. The molecule has 1 aromatic heterocycles. The van der Waals surface area contributed by atoms with Gasteiger partial charge in [-0.15, -0.1) is 0 Å². The summed E-state index contributed by atoms with van der Waals surface area (Å²) >= 11 is 0. The highest BCUT2D eigenvalue weighted by molar-refractivity contribution is 5.88. The molecule has 1 saturated carbocycles. The Balaban J connectivity index is 1.62. The van der Waals surface area contributed by atoms with Crippen LogP contribution in [-0.2, 0) is 0 Å². The van der Waals surface area contributed by atoms with E-state index in [0.29, 0.717) is 0 Å². The maximum Gasteiger partial charge on any atom is 0.0672 e. The minimum Gasteiger partial charge on any atom is -0.397 e. The van der Waals surface area contributed by atoms with Crippen molar-refractivity contribution in [2.75, 3.05) is 30.7 Å². The number of rotatable bonds is 6. The quantitative estimate of drug-likeness (QED) is 0.694. The normalized spacial score (nSPS) is 15.3. The Labute approximate surface area is 113 Å². The zero-order valence-corrected chi connectivity index (χ0v) is 11.3. The Morgan fingerprint density at radius 2 is 2.32 bits per heavy atom. The molecule has 3 rings (SSSR count). The van der Waals surface area contributed by atoms with Gasteiger partial charge in [-0.2, -0.15) is 5.10 Å². The van der Waals surface area contributed by atoms with Gasteiger partial charge < -0.3 is 11.1 Å². The third kappa shape index (κ3) is 2.66. The van der Waals surface area contributed by atoms with Crippen LogP contribution in [0.1, 0.15) is 19.8 Å². The van der Waals surface area contributed by atoms with Crippen LogP contribution in [0, 0.1) is 0 Å². The summed E-state index contributed by atoms with van der Waals surface area (Å²) in [4.78, 5) is 2.53. The number of hydrogen-bond donors (Lipinski definition) is 3. The SMILES string of the molecule is CCN(CCNc1cc2[nH]ncc2cc1N)C1CC1. The van der Waals surface area contributed by atoms with E-state index in [4.69, 9.17) is 5.73 Å². The summed E-state index contributed by atoms with van der Waals surface area (Å²) in [5, 5.41) is 11.5. The van der Waals surface area contributed by atoms with Gasteiger partial charge in [-0.1, -0.05) is 6.92 Å². The summed E-state index contributed by atoms with van der Waals surface area (Å²) in [6.07, 6.45) is 4.51. The van der Waals surface area contributed by atoms with Crippen LogP contribution >= 0.6 is 0 Å². The van der Waals surface area contributed by atoms with E-state index in [1.807, 2.05) is 12.1 Å². The molecule has 0 amide bonds. The van der Waals surface area contributed by atoms with Crippen LogP contribution in [0.5, 0.6) is 0 Å². The molecule has 1 aliphatic rings. The number of benzene rings is 1. The van der Waals surface area contributed by atoms with Gasteiger partial charge in [-0.05, 0) is 31.5 Å². The maximum atomic E-state index is 6.05. The van der Waals surface area contributed by atoms with Crippen molar-refractivity contribution in [1.82, 2.24) is 15.1 Å². The first-order valence-corrected chi connectivity index (χ1v) is 6.98. The van der Waals surface area contributed by atoms with Crippen LogP contribution < -0.4 is 11.1 Å². The lowest BCUT2D eigenvalue weighted by Crippen LogP contribution is -2.31. The van der Waals surface area contributed by atoms with Gasteiger partial charge in [0.2, 0.25) is 0 Å². The minimum atomic E-state index is 0.781. The molecule has 1 fully saturated rings. The van der Waals surface area contributed by atoms with E-state index in [0.717, 1.165) is 48.0 Å². The predicted molar refractivity (Wildman–Crippen MR) is 79.3 cm³/mol. The van der Waals surface area contributed by atoms with Crippen LogP contribution in [0.4, 0.5) is 11.4 Å². The minimum absolute atomic E-state index is 0.781. The number of H-pyrrole nitrogens is 1. The highest BCUT2D eigenvalue weighted by Gasteiger charge is 2.27. The number of nitrogens with zero attached hydrogens (tertiary/aromatic N) is 2. The Kier molecular flexibility index (Phi) is 3.29. The molecule has 0 spiro atoms. The van der Waals surface area contributed by atoms with Crippen molar-refractivity contribution in [1.29, 1.82) is 0 Å². The van der Waals surface area contributed by atoms with E-state index in [9.17, 15) is 0 Å². The van der Waals surface area contributed by atoms with Crippen molar-refractivity contribution in [2.24, 2.45) is 0 Å². The van der Waals surface area contributed by atoms with Crippen molar-refractivity contribution in [2.45, 2.75) is 25.8 Å². The van der Waals surface area contributed by atoms with Crippen molar-refractivity contribution >= 4 is 22.3 Å². The molecular weight excluding hydrogens is 238 g/mol. The molecule has 19 heavy (non-hydrogen) atoms. The lowest BCUT2D eigenvalue weighted by molar-refractivity contribution is 0.289. The average molecular weight is 259 g/mol. The highest BCUT2D eigenvalue weighted by Crippen LogP contribution is 2.27. The van der Waals surface area contributed by atoms with E-state index in [1.54, 1.807) is 6.20 Å².